The van der Waals surface area contributed by atoms with E-state index in [4.69, 9.17) is 5.73 Å². The van der Waals surface area contributed by atoms with E-state index < -0.39 is 58.0 Å². The summed E-state index contributed by atoms with van der Waals surface area (Å²) in [6.45, 7) is 4.90. The number of rotatable bonds is 7. The van der Waals surface area contributed by atoms with Crippen LogP contribution in [0, 0.1) is 11.8 Å². The Kier molecular flexibility index (Phi) is 8.91. The molecule has 0 bridgehead atoms. The highest BCUT2D eigenvalue weighted by Crippen LogP contribution is 2.54. The minimum absolute atomic E-state index is 0. The lowest BCUT2D eigenvalue weighted by Crippen LogP contribution is -2.65. The van der Waals surface area contributed by atoms with Gasteiger partial charge in [-0.2, -0.15) is 5.10 Å². The van der Waals surface area contributed by atoms with Crippen molar-refractivity contribution in [2.45, 2.75) is 52.3 Å². The van der Waals surface area contributed by atoms with E-state index in [1.807, 2.05) is 44.1 Å². The topological polar surface area (TPSA) is 182 Å². The first-order chi connectivity index (χ1) is 20.6. The summed E-state index contributed by atoms with van der Waals surface area (Å²) in [6, 6.07) is 0.726. The Labute approximate surface area is 262 Å². The second-order valence-corrected chi connectivity index (χ2v) is 12.5. The number of carbonyl (C=O) groups excluding carboxylic acids is 3. The monoisotopic (exact) mass is 621 g/mol. The Balaban J connectivity index is 0.00000461. The average Bonchev–Trinajstić information content (AvgIpc) is 3.37. The van der Waals surface area contributed by atoms with Gasteiger partial charge in [-0.3, -0.25) is 28.9 Å². The third kappa shape index (κ3) is 5.16. The number of Topliss-reactive ketones (excluding diaryl/α,β-unsaturated/α-hetero) is 2. The molecule has 6 N–H and O–H groups in total. The van der Waals surface area contributed by atoms with Crippen LogP contribution in [0.4, 0.5) is 0 Å². The third-order valence-electron chi connectivity index (χ3n) is 9.27. The smallest absolute Gasteiger partial charge is 0.255 e. The van der Waals surface area contributed by atoms with Crippen molar-refractivity contribution in [3.63, 3.8) is 0 Å². The van der Waals surface area contributed by atoms with Crippen molar-refractivity contribution >= 4 is 23.2 Å². The van der Waals surface area contributed by atoms with E-state index in [9.17, 15) is 34.8 Å². The number of phenols is 1. The van der Waals surface area contributed by atoms with E-state index in [0.29, 0.717) is 24.2 Å². The molecule has 4 atom stereocenters. The van der Waals surface area contributed by atoms with E-state index in [-0.39, 0.29) is 37.2 Å². The second kappa shape index (κ2) is 11.9. The first-order valence-electron chi connectivity index (χ1n) is 14.4. The number of benzene rings is 1. The number of aryl methyl sites for hydroxylation is 1. The lowest BCUT2D eigenvalue weighted by atomic mass is 9.57. The number of phenolic OH excluding ortho intramolecular Hbond substituents is 1. The fourth-order valence-corrected chi connectivity index (χ4v) is 7.17. The number of hydrogen-bond acceptors (Lipinski definition) is 10. The van der Waals surface area contributed by atoms with Crippen LogP contribution in [0.15, 0.2) is 47.0 Å². The number of amides is 1. The number of aromatic hydroxyl groups is 1. The lowest BCUT2D eigenvalue weighted by molar-refractivity contribution is -0.153. The molecule has 242 valence electrons. The number of primary amides is 1. The Morgan fingerprint density at radius 3 is 2.44 bits per heavy atom. The summed E-state index contributed by atoms with van der Waals surface area (Å²) in [4.78, 5) is 43.3. The highest BCUT2D eigenvalue weighted by Gasteiger charge is 2.64. The highest BCUT2D eigenvalue weighted by atomic mass is 16.3. The Morgan fingerprint density at radius 2 is 1.89 bits per heavy atom. The van der Waals surface area contributed by atoms with Gasteiger partial charge in [0.05, 0.1) is 17.8 Å². The molecule has 2 aromatic rings. The van der Waals surface area contributed by atoms with Gasteiger partial charge in [-0.05, 0) is 70.9 Å². The number of hydrogen-bond donors (Lipinski definition) is 5. The zero-order valence-corrected chi connectivity index (χ0v) is 25.7. The van der Waals surface area contributed by atoms with Crippen LogP contribution in [0.2, 0.25) is 0 Å². The van der Waals surface area contributed by atoms with Crippen LogP contribution in [0.25, 0.3) is 16.9 Å². The van der Waals surface area contributed by atoms with Crippen LogP contribution in [-0.4, -0.2) is 96.8 Å². The molecule has 1 aromatic carbocycles. The molecule has 0 unspecified atom stereocenters. The quantitative estimate of drug-likeness (QED) is 0.227. The molecule has 12 heteroatoms. The number of carbonyl (C=O) groups is 3. The zero-order valence-electron chi connectivity index (χ0n) is 25.7. The van der Waals surface area contributed by atoms with Crippen molar-refractivity contribution in [1.82, 2.24) is 19.6 Å². The number of nitrogens with two attached hydrogens (primary N) is 1. The zero-order chi connectivity index (χ0) is 32.4. The average molecular weight is 622 g/mol. The first-order valence-corrected chi connectivity index (χ1v) is 14.4. The van der Waals surface area contributed by atoms with Gasteiger partial charge < -0.3 is 26.2 Å². The summed E-state index contributed by atoms with van der Waals surface area (Å²) in [6.07, 6.45) is 5.72. The predicted molar refractivity (Wildman–Crippen MR) is 169 cm³/mol. The molecule has 0 aliphatic heterocycles. The largest absolute Gasteiger partial charge is 0.508 e. The Bertz CT molecular complexity index is 1680. The summed E-state index contributed by atoms with van der Waals surface area (Å²) in [5, 5.41) is 50.7. The third-order valence-corrected chi connectivity index (χ3v) is 9.27. The van der Waals surface area contributed by atoms with Gasteiger partial charge in [0.1, 0.15) is 22.8 Å². The lowest BCUT2D eigenvalue weighted by Gasteiger charge is -2.50. The van der Waals surface area contributed by atoms with E-state index >= 15 is 0 Å². The standard InChI is InChI=1S/C32H39N5O7.CH4/c1-7-15(2)12-36(5)13-17-9-19(18-11-34-37(6)14-18)20-8-16-10-21-25(35(3)4)28(40)24(31(33)43)30(42)32(21,44)29(41)22(16)27(39)23(20)26(17)38;/h7,9,11,14,16,21,25,38-39,42,44H,8,10,12-13H2,1-6H3,(H2,33,43);1H4/b15-7+;/t16-,21-,25-,32-;/m0./s1. The molecule has 1 aromatic heterocycles. The van der Waals surface area contributed by atoms with Crippen molar-refractivity contribution in [3.05, 3.63) is 63.7 Å². The first kappa shape index (κ1) is 33.6. The van der Waals surface area contributed by atoms with Gasteiger partial charge in [0.15, 0.2) is 11.4 Å². The Morgan fingerprint density at radius 1 is 1.22 bits per heavy atom. The van der Waals surface area contributed by atoms with E-state index in [2.05, 4.69) is 5.10 Å². The van der Waals surface area contributed by atoms with Gasteiger partial charge in [-0.15, -0.1) is 0 Å². The number of likely N-dealkylation sites (N-methyl/N-ethyl adjacent to an activating group) is 2. The van der Waals surface area contributed by atoms with E-state index in [1.165, 1.54) is 4.90 Å². The summed E-state index contributed by atoms with van der Waals surface area (Å²) in [5.41, 5.74) is 5.48. The van der Waals surface area contributed by atoms with Gasteiger partial charge in [0.25, 0.3) is 5.91 Å². The molecule has 3 aliphatic carbocycles. The van der Waals surface area contributed by atoms with Crippen molar-refractivity contribution < 1.29 is 34.8 Å². The summed E-state index contributed by atoms with van der Waals surface area (Å²) < 4.78 is 1.64. The second-order valence-electron chi connectivity index (χ2n) is 12.5. The van der Waals surface area contributed by atoms with E-state index in [1.54, 1.807) is 32.0 Å². The van der Waals surface area contributed by atoms with Gasteiger partial charge in [-0.1, -0.05) is 19.1 Å². The molecular weight excluding hydrogens is 578 g/mol. The van der Waals surface area contributed by atoms with Crippen LogP contribution >= 0.6 is 0 Å². The fourth-order valence-electron chi connectivity index (χ4n) is 7.17. The van der Waals surface area contributed by atoms with Crippen LogP contribution < -0.4 is 5.73 Å². The molecule has 5 rings (SSSR count). The van der Waals surface area contributed by atoms with Gasteiger partial charge in [0.2, 0.25) is 5.78 Å². The summed E-state index contributed by atoms with van der Waals surface area (Å²) >= 11 is 0. The molecule has 12 nitrogen and oxygen atoms in total. The number of fused-ring (bicyclic) bond motifs is 3. The number of nitrogens with zero attached hydrogens (tertiary/aromatic N) is 4. The molecule has 0 spiro atoms. The summed E-state index contributed by atoms with van der Waals surface area (Å²) in [7, 11) is 6.83. The van der Waals surface area contributed by atoms with Crippen LogP contribution in [-0.2, 0) is 34.4 Å². The number of allylic oxidation sites excluding steroid dienone is 1. The number of aliphatic hydroxyl groups is 3. The molecule has 1 heterocycles. The molecule has 45 heavy (non-hydrogen) atoms. The SMILES string of the molecule is C.C/C=C(\C)CN(C)Cc1cc(-c2cnn(C)c2)c2c(c1O)C(O)=C1C(=O)[C@]3(O)C(O)=C(C(N)=O)C(=O)[C@@H](N(C)C)[C@@H]3C[C@@H]1C2. The van der Waals surface area contributed by atoms with Crippen LogP contribution in [0.1, 0.15) is 44.4 Å². The maximum absolute atomic E-state index is 14.2. The van der Waals surface area contributed by atoms with Gasteiger partial charge >= 0.3 is 0 Å². The van der Waals surface area contributed by atoms with Crippen LogP contribution in [0.5, 0.6) is 5.75 Å². The minimum atomic E-state index is -2.69. The van der Waals surface area contributed by atoms with E-state index in [0.717, 1.165) is 16.7 Å². The van der Waals surface area contributed by atoms with Crippen molar-refractivity contribution in [2.24, 2.45) is 24.6 Å². The molecule has 1 fully saturated rings. The predicted octanol–water partition coefficient (Wildman–Crippen LogP) is 2.40. The molecular formula is C33H43N5O7. The maximum Gasteiger partial charge on any atom is 0.255 e. The fraction of sp³-hybridized carbons (Fsp3) is 0.455. The molecule has 1 saturated carbocycles. The number of aliphatic hydroxyl groups excluding tert-OH is 2. The highest BCUT2D eigenvalue weighted by molar-refractivity contribution is 6.24. The van der Waals surface area contributed by atoms with Crippen molar-refractivity contribution in [3.8, 4) is 16.9 Å². The molecule has 1 amide bonds. The molecule has 0 saturated heterocycles. The van der Waals surface area contributed by atoms with Gasteiger partial charge in [0, 0.05) is 49.0 Å². The maximum atomic E-state index is 14.2. The van der Waals surface area contributed by atoms with Crippen molar-refractivity contribution in [2.75, 3.05) is 27.7 Å². The molecule has 3 aliphatic rings. The van der Waals surface area contributed by atoms with Gasteiger partial charge in [-0.25, -0.2) is 0 Å². The van der Waals surface area contributed by atoms with Crippen molar-refractivity contribution in [1.29, 1.82) is 0 Å². The minimum Gasteiger partial charge on any atom is -0.508 e. The summed E-state index contributed by atoms with van der Waals surface area (Å²) in [5.74, 6) is -6.73. The Hall–Kier alpha value is -4.26. The number of aromatic nitrogens is 2. The number of ketones is 2. The van der Waals surface area contributed by atoms with Crippen LogP contribution in [0.3, 0.4) is 0 Å². The molecule has 0 radical (unpaired) electrons. The normalized spacial score (nSPS) is 24.9.